The van der Waals surface area contributed by atoms with E-state index in [1.54, 1.807) is 6.20 Å². The molecule has 1 saturated heterocycles. The molecule has 5 heteroatoms. The van der Waals surface area contributed by atoms with E-state index in [1.165, 1.54) is 0 Å². The number of rotatable bonds is 4. The third kappa shape index (κ3) is 3.09. The van der Waals surface area contributed by atoms with Gasteiger partial charge in [0.2, 0.25) is 0 Å². The molecule has 1 aliphatic rings. The van der Waals surface area contributed by atoms with Gasteiger partial charge in [0.25, 0.3) is 0 Å². The summed E-state index contributed by atoms with van der Waals surface area (Å²) in [4.78, 5) is 4.10. The molecule has 2 heterocycles. The van der Waals surface area contributed by atoms with E-state index in [2.05, 4.69) is 10.3 Å². The third-order valence-electron chi connectivity index (χ3n) is 3.23. The number of pyridine rings is 1. The van der Waals surface area contributed by atoms with Crippen molar-refractivity contribution in [3.63, 3.8) is 0 Å². The number of nitrogens with two attached hydrogens (primary N) is 1. The highest BCUT2D eigenvalue weighted by atomic mass is 35.5. The first-order valence-corrected chi connectivity index (χ1v) is 6.24. The maximum atomic E-state index is 5.96. The average Bonchev–Trinajstić information content (AvgIpc) is 2.82. The number of hydrogen-bond donors (Lipinski definition) is 2. The van der Waals surface area contributed by atoms with E-state index < -0.39 is 0 Å². The predicted molar refractivity (Wildman–Crippen MR) is 69.0 cm³/mol. The highest BCUT2D eigenvalue weighted by Crippen LogP contribution is 2.29. The number of anilines is 1. The first kappa shape index (κ1) is 12.6. The number of nitrogens with zero attached hydrogens (tertiary/aromatic N) is 1. The largest absolute Gasteiger partial charge is 0.383 e. The standard InChI is InChI=1S/C12H18ClN3O/c1-15-11(4-8-2-3-17-7-8)10-5-9(13)6-16-12(10)14/h5-6,8,11,15H,2-4,7H2,1H3,(H2,14,16). The lowest BCUT2D eigenvalue weighted by atomic mass is 9.94. The summed E-state index contributed by atoms with van der Waals surface area (Å²) in [5, 5.41) is 3.90. The van der Waals surface area contributed by atoms with Gasteiger partial charge in [0.1, 0.15) is 5.82 Å². The lowest BCUT2D eigenvalue weighted by Crippen LogP contribution is -2.21. The van der Waals surface area contributed by atoms with E-state index in [0.717, 1.165) is 31.6 Å². The monoisotopic (exact) mass is 255 g/mol. The summed E-state index contributed by atoms with van der Waals surface area (Å²) in [5.74, 6) is 1.14. The fourth-order valence-corrected chi connectivity index (χ4v) is 2.41. The lowest BCUT2D eigenvalue weighted by Gasteiger charge is -2.20. The molecule has 1 fully saturated rings. The molecule has 0 radical (unpaired) electrons. The molecule has 1 aromatic heterocycles. The van der Waals surface area contributed by atoms with Crippen molar-refractivity contribution in [3.8, 4) is 0 Å². The SMILES string of the molecule is CNC(CC1CCOC1)c1cc(Cl)cnc1N. The molecule has 17 heavy (non-hydrogen) atoms. The Labute approximate surface area is 107 Å². The van der Waals surface area contributed by atoms with E-state index in [0.29, 0.717) is 16.8 Å². The minimum Gasteiger partial charge on any atom is -0.383 e. The van der Waals surface area contributed by atoms with Crippen LogP contribution < -0.4 is 11.1 Å². The van der Waals surface area contributed by atoms with Crippen molar-refractivity contribution < 1.29 is 4.74 Å². The third-order valence-corrected chi connectivity index (χ3v) is 3.44. The number of aromatic nitrogens is 1. The van der Waals surface area contributed by atoms with Crippen LogP contribution in [0.5, 0.6) is 0 Å². The van der Waals surface area contributed by atoms with Crippen molar-refractivity contribution in [2.24, 2.45) is 5.92 Å². The smallest absolute Gasteiger partial charge is 0.128 e. The van der Waals surface area contributed by atoms with Crippen molar-refractivity contribution in [2.75, 3.05) is 26.0 Å². The summed E-state index contributed by atoms with van der Waals surface area (Å²) in [7, 11) is 1.93. The summed E-state index contributed by atoms with van der Waals surface area (Å²) in [6.07, 6.45) is 3.70. The summed E-state index contributed by atoms with van der Waals surface area (Å²) >= 11 is 5.96. The van der Waals surface area contributed by atoms with E-state index in [4.69, 9.17) is 22.1 Å². The van der Waals surface area contributed by atoms with Crippen LogP contribution in [0.4, 0.5) is 5.82 Å². The van der Waals surface area contributed by atoms with Gasteiger partial charge >= 0.3 is 0 Å². The van der Waals surface area contributed by atoms with Crippen LogP contribution in [-0.4, -0.2) is 25.2 Å². The zero-order chi connectivity index (χ0) is 12.3. The minimum atomic E-state index is 0.188. The molecule has 1 aromatic rings. The van der Waals surface area contributed by atoms with Gasteiger partial charge in [-0.3, -0.25) is 0 Å². The van der Waals surface area contributed by atoms with Crippen molar-refractivity contribution in [1.82, 2.24) is 10.3 Å². The topological polar surface area (TPSA) is 60.2 Å². The van der Waals surface area contributed by atoms with Crippen LogP contribution in [0.25, 0.3) is 0 Å². The van der Waals surface area contributed by atoms with Crippen molar-refractivity contribution in [2.45, 2.75) is 18.9 Å². The Kier molecular flexibility index (Phi) is 4.20. The summed E-state index contributed by atoms with van der Waals surface area (Å²) in [5.41, 5.74) is 6.88. The average molecular weight is 256 g/mol. The molecule has 0 spiro atoms. The normalized spacial score (nSPS) is 21.6. The molecule has 2 atom stereocenters. The second-order valence-corrected chi connectivity index (χ2v) is 4.87. The van der Waals surface area contributed by atoms with Gasteiger partial charge in [-0.25, -0.2) is 4.98 Å². The predicted octanol–water partition coefficient (Wildman–Crippen LogP) is 2.00. The van der Waals surface area contributed by atoms with E-state index >= 15 is 0 Å². The first-order chi connectivity index (χ1) is 8.20. The molecule has 0 saturated carbocycles. The Bertz CT molecular complexity index is 380. The molecule has 0 bridgehead atoms. The van der Waals surface area contributed by atoms with Gasteiger partial charge in [0.15, 0.2) is 0 Å². The highest BCUT2D eigenvalue weighted by Gasteiger charge is 2.22. The summed E-state index contributed by atoms with van der Waals surface area (Å²) in [6.45, 7) is 1.70. The molecule has 0 aliphatic carbocycles. The maximum absolute atomic E-state index is 5.96. The van der Waals surface area contributed by atoms with Crippen LogP contribution in [0.1, 0.15) is 24.4 Å². The number of ether oxygens (including phenoxy) is 1. The van der Waals surface area contributed by atoms with Gasteiger partial charge in [0, 0.05) is 31.0 Å². The second-order valence-electron chi connectivity index (χ2n) is 4.43. The zero-order valence-electron chi connectivity index (χ0n) is 9.95. The van der Waals surface area contributed by atoms with Gasteiger partial charge < -0.3 is 15.8 Å². The number of halogens is 1. The Balaban J connectivity index is 2.13. The van der Waals surface area contributed by atoms with E-state index in [-0.39, 0.29) is 6.04 Å². The van der Waals surface area contributed by atoms with Crippen LogP contribution in [0.2, 0.25) is 5.02 Å². The quantitative estimate of drug-likeness (QED) is 0.864. The Morgan fingerprint density at radius 1 is 1.71 bits per heavy atom. The second kappa shape index (κ2) is 5.67. The first-order valence-electron chi connectivity index (χ1n) is 5.86. The number of nitrogen functional groups attached to an aromatic ring is 1. The lowest BCUT2D eigenvalue weighted by molar-refractivity contribution is 0.181. The Morgan fingerprint density at radius 3 is 3.18 bits per heavy atom. The van der Waals surface area contributed by atoms with Gasteiger partial charge in [-0.1, -0.05) is 11.6 Å². The van der Waals surface area contributed by atoms with Crippen LogP contribution in [0, 0.1) is 5.92 Å². The molecular formula is C12H18ClN3O. The van der Waals surface area contributed by atoms with Crippen molar-refractivity contribution in [1.29, 1.82) is 0 Å². The number of hydrogen-bond acceptors (Lipinski definition) is 4. The fraction of sp³-hybridized carbons (Fsp3) is 0.583. The highest BCUT2D eigenvalue weighted by molar-refractivity contribution is 6.30. The molecule has 0 amide bonds. The molecule has 3 N–H and O–H groups in total. The van der Waals surface area contributed by atoms with E-state index in [9.17, 15) is 0 Å². The molecule has 1 aliphatic heterocycles. The van der Waals surface area contributed by atoms with Crippen LogP contribution >= 0.6 is 11.6 Å². The Hall–Kier alpha value is -0.840. The van der Waals surface area contributed by atoms with Gasteiger partial charge in [0.05, 0.1) is 5.02 Å². The Morgan fingerprint density at radius 2 is 2.53 bits per heavy atom. The van der Waals surface area contributed by atoms with Gasteiger partial charge in [-0.05, 0) is 31.9 Å². The van der Waals surface area contributed by atoms with Gasteiger partial charge in [-0.2, -0.15) is 0 Å². The molecule has 0 aromatic carbocycles. The van der Waals surface area contributed by atoms with Crippen molar-refractivity contribution in [3.05, 3.63) is 22.8 Å². The molecular weight excluding hydrogens is 238 g/mol. The zero-order valence-corrected chi connectivity index (χ0v) is 10.7. The van der Waals surface area contributed by atoms with Crippen LogP contribution in [0.3, 0.4) is 0 Å². The summed E-state index contributed by atoms with van der Waals surface area (Å²) < 4.78 is 5.39. The van der Waals surface area contributed by atoms with Gasteiger partial charge in [-0.15, -0.1) is 0 Å². The molecule has 2 rings (SSSR count). The van der Waals surface area contributed by atoms with Crippen LogP contribution in [0.15, 0.2) is 12.3 Å². The maximum Gasteiger partial charge on any atom is 0.128 e. The fourth-order valence-electron chi connectivity index (χ4n) is 2.25. The molecule has 4 nitrogen and oxygen atoms in total. The number of nitrogens with one attached hydrogen (secondary N) is 1. The van der Waals surface area contributed by atoms with Crippen molar-refractivity contribution >= 4 is 17.4 Å². The summed E-state index contributed by atoms with van der Waals surface area (Å²) in [6, 6.07) is 2.08. The minimum absolute atomic E-state index is 0.188. The molecule has 2 unspecified atom stereocenters. The molecule has 94 valence electrons. The van der Waals surface area contributed by atoms with E-state index in [1.807, 2.05) is 13.1 Å². The van der Waals surface area contributed by atoms with Crippen LogP contribution in [-0.2, 0) is 4.74 Å².